The zero-order chi connectivity index (χ0) is 33.1. The Morgan fingerprint density at radius 3 is 2.33 bits per heavy atom. The van der Waals surface area contributed by atoms with E-state index in [1.165, 1.54) is 22.5 Å². The van der Waals surface area contributed by atoms with Crippen molar-refractivity contribution >= 4 is 44.8 Å². The number of rotatable bonds is 9. The number of nitrogens with zero attached hydrogens (tertiary/aromatic N) is 3. The number of hydrogen-bond acceptors (Lipinski definition) is 6. The third kappa shape index (κ3) is 9.05. The lowest BCUT2D eigenvalue weighted by Crippen LogP contribution is -2.52. The predicted octanol–water partition coefficient (Wildman–Crippen LogP) is 4.62. The van der Waals surface area contributed by atoms with E-state index in [4.69, 9.17) is 11.6 Å². The number of halogens is 6. The van der Waals surface area contributed by atoms with E-state index in [-0.39, 0.29) is 43.5 Å². The van der Waals surface area contributed by atoms with Gasteiger partial charge in [0.1, 0.15) is 0 Å². The van der Waals surface area contributed by atoms with Crippen LogP contribution in [0.4, 0.5) is 33.3 Å². The molecule has 4 rings (SSSR count). The maximum absolute atomic E-state index is 15.1. The average Bonchev–Trinajstić information content (AvgIpc) is 2.97. The summed E-state index contributed by atoms with van der Waals surface area (Å²) in [6, 6.07) is 6.68. The third-order valence-corrected chi connectivity index (χ3v) is 9.69. The lowest BCUT2D eigenvalue weighted by atomic mass is 9.97. The highest BCUT2D eigenvalue weighted by atomic mass is 35.5. The molecule has 2 heterocycles. The van der Waals surface area contributed by atoms with Gasteiger partial charge in [-0.2, -0.15) is 13.2 Å². The van der Waals surface area contributed by atoms with Crippen molar-refractivity contribution in [2.45, 2.75) is 44.9 Å². The van der Waals surface area contributed by atoms with Crippen molar-refractivity contribution in [2.75, 3.05) is 55.7 Å². The molecule has 0 spiro atoms. The molecule has 0 aromatic heterocycles. The number of carbonyl (C=O) groups excluding carboxylic acids is 2. The van der Waals surface area contributed by atoms with E-state index in [0.29, 0.717) is 43.2 Å². The molecule has 2 aliphatic heterocycles. The van der Waals surface area contributed by atoms with Crippen LogP contribution in [0.5, 0.6) is 0 Å². The van der Waals surface area contributed by atoms with Gasteiger partial charge in [-0.25, -0.2) is 21.5 Å². The Morgan fingerprint density at radius 1 is 1.02 bits per heavy atom. The molecule has 0 unspecified atom stereocenters. The van der Waals surface area contributed by atoms with Crippen LogP contribution in [0.3, 0.4) is 0 Å². The van der Waals surface area contributed by atoms with Gasteiger partial charge >= 0.3 is 6.18 Å². The van der Waals surface area contributed by atoms with E-state index in [2.05, 4.69) is 10.6 Å². The summed E-state index contributed by atoms with van der Waals surface area (Å²) in [5.41, 5.74) is 0.0108. The highest BCUT2D eigenvalue weighted by Gasteiger charge is 2.32. The molecule has 2 aromatic rings. The number of amides is 2. The van der Waals surface area contributed by atoms with Crippen molar-refractivity contribution in [3.05, 3.63) is 58.1 Å². The third-order valence-electron chi connectivity index (χ3n) is 8.15. The van der Waals surface area contributed by atoms with Crippen LogP contribution in [0, 0.1) is 17.6 Å². The number of nitrogens with one attached hydrogen (secondary N) is 2. The minimum atomic E-state index is -4.26. The summed E-state index contributed by atoms with van der Waals surface area (Å²) in [6.45, 7) is 2.76. The van der Waals surface area contributed by atoms with Gasteiger partial charge in [-0.05, 0) is 44.0 Å². The van der Waals surface area contributed by atoms with Gasteiger partial charge in [-0.3, -0.25) is 14.5 Å². The average molecular weight is 680 g/mol. The fraction of sp³-hybridized carbons (Fsp3) is 0.517. The van der Waals surface area contributed by atoms with E-state index in [9.17, 15) is 35.6 Å². The van der Waals surface area contributed by atoms with E-state index in [1.807, 2.05) is 4.90 Å². The summed E-state index contributed by atoms with van der Waals surface area (Å²) in [5, 5.41) is 5.50. The number of piperidine rings is 1. The Bertz CT molecular complexity index is 1520. The van der Waals surface area contributed by atoms with Crippen LogP contribution in [-0.2, 0) is 21.4 Å². The van der Waals surface area contributed by atoms with E-state index in [0.717, 1.165) is 12.3 Å². The van der Waals surface area contributed by atoms with Gasteiger partial charge in [0.05, 0.1) is 29.6 Å². The van der Waals surface area contributed by atoms with E-state index in [1.54, 1.807) is 17.9 Å². The summed E-state index contributed by atoms with van der Waals surface area (Å²) in [4.78, 5) is 29.3. The molecular formula is C29H35ClF5N5O4S. The second kappa shape index (κ2) is 14.2. The molecular weight excluding hydrogens is 645 g/mol. The molecule has 0 aliphatic carbocycles. The Kier molecular flexibility index (Phi) is 11.0. The normalized spacial score (nSPS) is 19.0. The van der Waals surface area contributed by atoms with Gasteiger partial charge in [-0.1, -0.05) is 17.7 Å². The van der Waals surface area contributed by atoms with Crippen molar-refractivity contribution in [2.24, 2.45) is 5.92 Å². The van der Waals surface area contributed by atoms with Gasteiger partial charge < -0.3 is 15.5 Å². The molecule has 2 fully saturated rings. The number of alkyl halides is 3. The lowest BCUT2D eigenvalue weighted by Gasteiger charge is -2.41. The summed E-state index contributed by atoms with van der Waals surface area (Å²) in [5.74, 6) is -4.51. The molecule has 16 heteroatoms. The SMILES string of the molecule is C[C@H]1CN(c2cc(Cl)ccc2NC(=O)c2ccc(CNC(=O)C3CCN(S(C)(=O)=O)CC3)c(F)c2F)CCN1CCC(F)(F)F. The summed E-state index contributed by atoms with van der Waals surface area (Å²) >= 11 is 6.20. The first-order valence-electron chi connectivity index (χ1n) is 14.4. The number of benzene rings is 2. The van der Waals surface area contributed by atoms with Gasteiger partial charge in [0.25, 0.3) is 5.91 Å². The highest BCUT2D eigenvalue weighted by Crippen LogP contribution is 2.32. The topological polar surface area (TPSA) is 102 Å². The largest absolute Gasteiger partial charge is 0.390 e. The van der Waals surface area contributed by atoms with Gasteiger partial charge in [0, 0.05) is 68.4 Å². The van der Waals surface area contributed by atoms with E-state index < -0.39 is 57.6 Å². The molecule has 2 aromatic carbocycles. The van der Waals surface area contributed by atoms with Crippen LogP contribution in [0.25, 0.3) is 0 Å². The van der Waals surface area contributed by atoms with Gasteiger partial charge in [0.2, 0.25) is 15.9 Å². The minimum Gasteiger partial charge on any atom is -0.367 e. The molecule has 45 heavy (non-hydrogen) atoms. The van der Waals surface area contributed by atoms with Crippen LogP contribution < -0.4 is 15.5 Å². The van der Waals surface area contributed by atoms with Crippen molar-refractivity contribution in [3.63, 3.8) is 0 Å². The second-order valence-corrected chi connectivity index (χ2v) is 13.8. The number of sulfonamides is 1. The first kappa shape index (κ1) is 34.9. The maximum Gasteiger partial charge on any atom is 0.390 e. The van der Waals surface area contributed by atoms with Crippen molar-refractivity contribution in [3.8, 4) is 0 Å². The molecule has 9 nitrogen and oxygen atoms in total. The number of piperazine rings is 1. The minimum absolute atomic E-state index is 0.132. The Labute approximate surface area is 263 Å². The molecule has 2 aliphatic rings. The number of carbonyl (C=O) groups is 2. The Balaban J connectivity index is 1.39. The molecule has 2 saturated heterocycles. The second-order valence-electron chi connectivity index (χ2n) is 11.4. The molecule has 2 N–H and O–H groups in total. The zero-order valence-corrected chi connectivity index (χ0v) is 26.3. The highest BCUT2D eigenvalue weighted by molar-refractivity contribution is 7.88. The fourth-order valence-electron chi connectivity index (χ4n) is 5.56. The Morgan fingerprint density at radius 2 is 1.71 bits per heavy atom. The van der Waals surface area contributed by atoms with Crippen molar-refractivity contribution in [1.82, 2.24) is 14.5 Å². The summed E-state index contributed by atoms with van der Waals surface area (Å²) in [7, 11) is -3.36. The molecule has 0 bridgehead atoms. The standard InChI is InChI=1S/C29H35ClF5N5O4S/c1-18-17-39(14-13-38(18)12-9-29(33,34)35)24-15-21(30)4-6-23(24)37-28(42)22-5-3-20(25(31)26(22)32)16-36-27(41)19-7-10-40(11-8-19)45(2,43)44/h3-6,15,18-19H,7-14,16-17H2,1-2H3,(H,36,41)(H,37,42)/t18-/m0/s1. The molecule has 248 valence electrons. The van der Waals surface area contributed by atoms with Crippen molar-refractivity contribution < 1.29 is 40.0 Å². The first-order valence-corrected chi connectivity index (χ1v) is 16.6. The first-order chi connectivity index (χ1) is 21.0. The quantitative estimate of drug-likeness (QED) is 0.375. The van der Waals surface area contributed by atoms with Gasteiger partial charge in [-0.15, -0.1) is 0 Å². The predicted molar refractivity (Wildman–Crippen MR) is 161 cm³/mol. The smallest absolute Gasteiger partial charge is 0.367 e. The monoisotopic (exact) mass is 679 g/mol. The lowest BCUT2D eigenvalue weighted by molar-refractivity contribution is -0.139. The van der Waals surface area contributed by atoms with Crippen LogP contribution in [-0.4, -0.2) is 87.2 Å². The molecule has 1 atom stereocenters. The van der Waals surface area contributed by atoms with Crippen LogP contribution in [0.15, 0.2) is 30.3 Å². The van der Waals surface area contributed by atoms with Crippen LogP contribution >= 0.6 is 11.6 Å². The number of anilines is 2. The Hall–Kier alpha value is -3.01. The molecule has 0 radical (unpaired) electrons. The maximum atomic E-state index is 15.1. The zero-order valence-electron chi connectivity index (χ0n) is 24.8. The molecule has 0 saturated carbocycles. The molecule has 2 amide bonds. The summed E-state index contributed by atoms with van der Waals surface area (Å²) in [6.07, 6.45) is -3.49. The van der Waals surface area contributed by atoms with Gasteiger partial charge in [0.15, 0.2) is 11.6 Å². The number of hydrogen-bond donors (Lipinski definition) is 2. The fourth-order valence-corrected chi connectivity index (χ4v) is 6.60. The van der Waals surface area contributed by atoms with Crippen molar-refractivity contribution in [1.29, 1.82) is 0 Å². The van der Waals surface area contributed by atoms with Crippen LogP contribution in [0.1, 0.15) is 42.1 Å². The van der Waals surface area contributed by atoms with Crippen LogP contribution in [0.2, 0.25) is 5.02 Å². The van der Waals surface area contributed by atoms with E-state index >= 15 is 4.39 Å². The summed E-state index contributed by atoms with van der Waals surface area (Å²) < 4.78 is 92.9.